The van der Waals surface area contributed by atoms with Crippen LogP contribution in [0.15, 0.2) is 29.2 Å². The lowest BCUT2D eigenvalue weighted by Crippen LogP contribution is -1.89. The molecule has 0 heterocycles. The van der Waals surface area contributed by atoms with E-state index in [1.807, 2.05) is 11.8 Å². The molecule has 0 aliphatic carbocycles. The Hall–Kier alpha value is -0.430. The van der Waals surface area contributed by atoms with E-state index in [2.05, 4.69) is 45.0 Å². The largest absolute Gasteiger partial charge is 0.123 e. The van der Waals surface area contributed by atoms with Gasteiger partial charge in [-0.2, -0.15) is 0 Å². The molecule has 0 nitrogen and oxygen atoms in total. The lowest BCUT2D eigenvalue weighted by atomic mass is 10.1. The number of aryl methyl sites for hydroxylation is 1. The maximum Gasteiger partial charge on any atom is 0.00773 e. The summed E-state index contributed by atoms with van der Waals surface area (Å²) in [6.07, 6.45) is 6.16. The third kappa shape index (κ3) is 5.60. The fourth-order valence-corrected chi connectivity index (χ4v) is 2.65. The van der Waals surface area contributed by atoms with Gasteiger partial charge in [0.25, 0.3) is 0 Å². The molecule has 1 radical (unpaired) electrons. The van der Waals surface area contributed by atoms with Gasteiger partial charge in [-0.1, -0.05) is 52.2 Å². The van der Waals surface area contributed by atoms with E-state index in [-0.39, 0.29) is 0 Å². The Morgan fingerprint density at radius 1 is 1.19 bits per heavy atom. The molecule has 16 heavy (non-hydrogen) atoms. The van der Waals surface area contributed by atoms with E-state index in [0.717, 1.165) is 6.42 Å². The zero-order valence-electron chi connectivity index (χ0n) is 10.5. The van der Waals surface area contributed by atoms with Gasteiger partial charge >= 0.3 is 0 Å². The summed E-state index contributed by atoms with van der Waals surface area (Å²) in [7, 11) is 0. The van der Waals surface area contributed by atoms with Gasteiger partial charge in [-0.25, -0.2) is 0 Å². The lowest BCUT2D eigenvalue weighted by molar-refractivity contribution is 0.685. The van der Waals surface area contributed by atoms with Crippen molar-refractivity contribution in [2.45, 2.75) is 56.1 Å². The van der Waals surface area contributed by atoms with Gasteiger partial charge in [0.05, 0.1) is 0 Å². The smallest absolute Gasteiger partial charge is 0.00773 e. The number of hydrogen-bond acceptors (Lipinski definition) is 1. The highest BCUT2D eigenvalue weighted by molar-refractivity contribution is 7.99. The molecule has 1 rings (SSSR count). The topological polar surface area (TPSA) is 0 Å². The molecule has 89 valence electrons. The van der Waals surface area contributed by atoms with Crippen LogP contribution in [0.3, 0.4) is 0 Å². The molecule has 0 saturated carbocycles. The molecule has 0 saturated heterocycles. The highest BCUT2D eigenvalue weighted by Crippen LogP contribution is 2.24. The average molecular weight is 235 g/mol. The normalized spacial score (nSPS) is 11.0. The number of unbranched alkanes of at least 4 members (excludes halogenated alkanes) is 3. The highest BCUT2D eigenvalue weighted by Gasteiger charge is 1.99. The molecule has 0 amide bonds. The Balaban J connectivity index is 2.41. The summed E-state index contributed by atoms with van der Waals surface area (Å²) in [4.78, 5) is 1.41. The van der Waals surface area contributed by atoms with Gasteiger partial charge in [-0.3, -0.25) is 0 Å². The molecular formula is C15H23S. The molecule has 0 aliphatic heterocycles. The summed E-state index contributed by atoms with van der Waals surface area (Å²) in [5.74, 6) is 0. The van der Waals surface area contributed by atoms with Crippen molar-refractivity contribution >= 4 is 11.8 Å². The van der Waals surface area contributed by atoms with Gasteiger partial charge in [0.2, 0.25) is 0 Å². The molecule has 1 aromatic rings. The van der Waals surface area contributed by atoms with Crippen LogP contribution >= 0.6 is 11.8 Å². The van der Waals surface area contributed by atoms with Crippen molar-refractivity contribution in [1.29, 1.82) is 0 Å². The Morgan fingerprint density at radius 3 is 2.69 bits per heavy atom. The SMILES string of the molecule is [CH2]CCCCCc1cccc(SC(C)C)c1. The van der Waals surface area contributed by atoms with E-state index in [1.54, 1.807) is 0 Å². The van der Waals surface area contributed by atoms with Crippen LogP contribution in [-0.4, -0.2) is 5.25 Å². The van der Waals surface area contributed by atoms with Crippen molar-refractivity contribution < 1.29 is 0 Å². The molecule has 1 aromatic carbocycles. The number of hydrogen-bond donors (Lipinski definition) is 0. The van der Waals surface area contributed by atoms with Crippen molar-refractivity contribution in [3.63, 3.8) is 0 Å². The molecule has 0 spiro atoms. The van der Waals surface area contributed by atoms with E-state index in [4.69, 9.17) is 0 Å². The predicted octanol–water partition coefficient (Wildman–Crippen LogP) is 5.12. The fraction of sp³-hybridized carbons (Fsp3) is 0.533. The Bertz CT molecular complexity index is 291. The second kappa shape index (κ2) is 7.78. The first-order valence-electron chi connectivity index (χ1n) is 6.27. The number of benzene rings is 1. The molecule has 0 aromatic heterocycles. The van der Waals surface area contributed by atoms with Gasteiger partial charge in [-0.15, -0.1) is 11.8 Å². The quantitative estimate of drug-likeness (QED) is 0.466. The summed E-state index contributed by atoms with van der Waals surface area (Å²) >= 11 is 1.95. The summed E-state index contributed by atoms with van der Waals surface area (Å²) in [5.41, 5.74) is 1.48. The molecule has 0 unspecified atom stereocenters. The minimum absolute atomic E-state index is 0.668. The Morgan fingerprint density at radius 2 is 2.00 bits per heavy atom. The van der Waals surface area contributed by atoms with E-state index in [1.165, 1.54) is 36.1 Å². The number of rotatable bonds is 7. The molecule has 0 atom stereocenters. The molecule has 1 heteroatoms. The zero-order valence-corrected chi connectivity index (χ0v) is 11.4. The van der Waals surface area contributed by atoms with E-state index in [0.29, 0.717) is 5.25 Å². The van der Waals surface area contributed by atoms with Crippen LogP contribution in [0, 0.1) is 6.92 Å². The first-order valence-corrected chi connectivity index (χ1v) is 7.15. The molecule has 0 N–H and O–H groups in total. The second-order valence-corrected chi connectivity index (χ2v) is 6.13. The number of thioether (sulfide) groups is 1. The fourth-order valence-electron chi connectivity index (χ4n) is 1.73. The lowest BCUT2D eigenvalue weighted by Gasteiger charge is -2.07. The van der Waals surface area contributed by atoms with Gasteiger partial charge in [-0.05, 0) is 30.5 Å². The first-order chi connectivity index (χ1) is 7.72. The third-order valence-corrected chi connectivity index (χ3v) is 3.48. The molecule has 0 aliphatic rings. The maximum absolute atomic E-state index is 3.87. The summed E-state index contributed by atoms with van der Waals surface area (Å²) in [6.45, 7) is 8.36. The predicted molar refractivity (Wildman–Crippen MR) is 75.0 cm³/mol. The summed E-state index contributed by atoms with van der Waals surface area (Å²) in [6, 6.07) is 8.98. The third-order valence-electron chi connectivity index (χ3n) is 2.49. The van der Waals surface area contributed by atoms with Crippen molar-refractivity contribution in [3.8, 4) is 0 Å². The van der Waals surface area contributed by atoms with Gasteiger partial charge < -0.3 is 0 Å². The Kier molecular flexibility index (Phi) is 6.63. The summed E-state index contributed by atoms with van der Waals surface area (Å²) in [5, 5.41) is 0.668. The van der Waals surface area contributed by atoms with Gasteiger partial charge in [0.15, 0.2) is 0 Å². The van der Waals surface area contributed by atoms with Crippen molar-refractivity contribution in [3.05, 3.63) is 36.8 Å². The maximum atomic E-state index is 3.87. The van der Waals surface area contributed by atoms with Crippen LogP contribution in [0.25, 0.3) is 0 Å². The van der Waals surface area contributed by atoms with E-state index in [9.17, 15) is 0 Å². The summed E-state index contributed by atoms with van der Waals surface area (Å²) < 4.78 is 0. The van der Waals surface area contributed by atoms with Crippen LogP contribution < -0.4 is 0 Å². The van der Waals surface area contributed by atoms with Crippen LogP contribution in [0.5, 0.6) is 0 Å². The Labute approximate surface area is 105 Å². The zero-order chi connectivity index (χ0) is 11.8. The van der Waals surface area contributed by atoms with Crippen molar-refractivity contribution in [2.75, 3.05) is 0 Å². The molecular weight excluding hydrogens is 212 g/mol. The second-order valence-electron chi connectivity index (χ2n) is 4.48. The van der Waals surface area contributed by atoms with E-state index < -0.39 is 0 Å². The van der Waals surface area contributed by atoms with Crippen molar-refractivity contribution in [2.24, 2.45) is 0 Å². The minimum atomic E-state index is 0.668. The van der Waals surface area contributed by atoms with E-state index >= 15 is 0 Å². The van der Waals surface area contributed by atoms with Gasteiger partial charge in [0, 0.05) is 10.1 Å². The monoisotopic (exact) mass is 235 g/mol. The first kappa shape index (κ1) is 13.6. The van der Waals surface area contributed by atoms with Crippen molar-refractivity contribution in [1.82, 2.24) is 0 Å². The van der Waals surface area contributed by atoms with Crippen LogP contribution in [0.2, 0.25) is 0 Å². The van der Waals surface area contributed by atoms with Crippen LogP contribution in [0.1, 0.15) is 45.1 Å². The molecule has 0 bridgehead atoms. The molecule has 0 fully saturated rings. The van der Waals surface area contributed by atoms with Crippen LogP contribution in [0.4, 0.5) is 0 Å². The van der Waals surface area contributed by atoms with Crippen LogP contribution in [-0.2, 0) is 6.42 Å². The highest BCUT2D eigenvalue weighted by atomic mass is 32.2. The minimum Gasteiger partial charge on any atom is -0.123 e. The van der Waals surface area contributed by atoms with Gasteiger partial charge in [0.1, 0.15) is 0 Å². The standard InChI is InChI=1S/C15H23S/c1-4-5-6-7-9-14-10-8-11-15(12-14)16-13(2)3/h8,10-13H,1,4-7,9H2,2-3H3. The average Bonchev–Trinajstić information content (AvgIpc) is 2.24.